The lowest BCUT2D eigenvalue weighted by Gasteiger charge is -2.03. The monoisotopic (exact) mass is 131 g/mol. The Morgan fingerprint density at radius 2 is 1.67 bits per heavy atom. The van der Waals surface area contributed by atoms with Crippen molar-refractivity contribution in [2.24, 2.45) is 0 Å². The molecule has 0 bridgehead atoms. The fraction of sp³-hybridized carbons (Fsp3) is 1.00. The van der Waals surface area contributed by atoms with E-state index < -0.39 is 12.2 Å². The van der Waals surface area contributed by atoms with Crippen LogP contribution in [0.1, 0.15) is 12.8 Å². The number of nitrogens with one attached hydrogen (secondary N) is 1. The van der Waals surface area contributed by atoms with Crippen molar-refractivity contribution >= 4 is 0 Å². The van der Waals surface area contributed by atoms with Crippen LogP contribution in [-0.4, -0.2) is 35.5 Å². The van der Waals surface area contributed by atoms with Crippen molar-refractivity contribution in [1.82, 2.24) is 5.32 Å². The topological polar surface area (TPSA) is 52.5 Å². The molecule has 0 aromatic carbocycles. The highest BCUT2D eigenvalue weighted by Crippen LogP contribution is 2.18. The number of hydrogen-bond donors (Lipinski definition) is 3. The Morgan fingerprint density at radius 1 is 1.22 bits per heavy atom. The summed E-state index contributed by atoms with van der Waals surface area (Å²) in [5, 5.41) is 21.0. The third-order valence-electron chi connectivity index (χ3n) is 1.90. The molecule has 3 heteroatoms. The second-order valence-corrected chi connectivity index (χ2v) is 2.59. The van der Waals surface area contributed by atoms with Crippen molar-refractivity contribution in [3.8, 4) is 0 Å². The lowest BCUT2D eigenvalue weighted by atomic mass is 10.2. The Bertz CT molecular complexity index is 87.1. The van der Waals surface area contributed by atoms with Gasteiger partial charge in [0.15, 0.2) is 0 Å². The summed E-state index contributed by atoms with van der Waals surface area (Å²) >= 11 is 0. The third kappa shape index (κ3) is 1.41. The second kappa shape index (κ2) is 2.64. The van der Waals surface area contributed by atoms with Crippen molar-refractivity contribution in [3.05, 3.63) is 0 Å². The van der Waals surface area contributed by atoms with E-state index in [1.807, 2.05) is 7.05 Å². The van der Waals surface area contributed by atoms with Gasteiger partial charge in [-0.1, -0.05) is 0 Å². The molecular formula is C6H13NO2. The van der Waals surface area contributed by atoms with Crippen LogP contribution in [0.15, 0.2) is 0 Å². The summed E-state index contributed by atoms with van der Waals surface area (Å²) in [6, 6.07) is 0.301. The van der Waals surface area contributed by atoms with Crippen LogP contribution < -0.4 is 5.32 Å². The second-order valence-electron chi connectivity index (χ2n) is 2.59. The molecule has 2 atom stereocenters. The first-order valence-electron chi connectivity index (χ1n) is 3.27. The van der Waals surface area contributed by atoms with Crippen LogP contribution in [0.5, 0.6) is 0 Å². The van der Waals surface area contributed by atoms with E-state index in [9.17, 15) is 0 Å². The molecule has 0 amide bonds. The molecular weight excluding hydrogens is 118 g/mol. The standard InChI is InChI=1S/C6H13NO2/c1-7-4-2-5(8)6(9)3-4/h4-9H,2-3H2,1H3. The number of hydrogen-bond acceptors (Lipinski definition) is 3. The smallest absolute Gasteiger partial charge is 0.0814 e. The van der Waals surface area contributed by atoms with Crippen LogP contribution >= 0.6 is 0 Å². The quantitative estimate of drug-likeness (QED) is 0.432. The molecule has 0 aromatic heterocycles. The Labute approximate surface area is 54.7 Å². The van der Waals surface area contributed by atoms with Crippen molar-refractivity contribution in [2.45, 2.75) is 31.1 Å². The zero-order valence-corrected chi connectivity index (χ0v) is 5.54. The van der Waals surface area contributed by atoms with Gasteiger partial charge >= 0.3 is 0 Å². The molecule has 0 aromatic rings. The molecule has 0 saturated heterocycles. The zero-order chi connectivity index (χ0) is 6.85. The van der Waals surface area contributed by atoms with Gasteiger partial charge in [0.05, 0.1) is 12.2 Å². The molecule has 1 aliphatic carbocycles. The van der Waals surface area contributed by atoms with E-state index in [1.54, 1.807) is 0 Å². The molecule has 54 valence electrons. The largest absolute Gasteiger partial charge is 0.390 e. The van der Waals surface area contributed by atoms with Gasteiger partial charge in [-0.05, 0) is 19.9 Å². The number of aliphatic hydroxyl groups is 2. The van der Waals surface area contributed by atoms with E-state index in [1.165, 1.54) is 0 Å². The van der Waals surface area contributed by atoms with E-state index in [2.05, 4.69) is 5.32 Å². The minimum atomic E-state index is -0.512. The van der Waals surface area contributed by atoms with Gasteiger partial charge in [-0.15, -0.1) is 0 Å². The maximum Gasteiger partial charge on any atom is 0.0814 e. The van der Waals surface area contributed by atoms with Gasteiger partial charge in [0.2, 0.25) is 0 Å². The fourth-order valence-electron chi connectivity index (χ4n) is 1.23. The van der Waals surface area contributed by atoms with Crippen LogP contribution in [0.2, 0.25) is 0 Å². The molecule has 0 radical (unpaired) electrons. The summed E-state index contributed by atoms with van der Waals surface area (Å²) in [5.74, 6) is 0. The van der Waals surface area contributed by atoms with Crippen LogP contribution in [0.3, 0.4) is 0 Å². The molecule has 1 fully saturated rings. The molecule has 0 spiro atoms. The summed E-state index contributed by atoms with van der Waals surface area (Å²) in [7, 11) is 1.84. The first-order valence-corrected chi connectivity index (χ1v) is 3.27. The molecule has 0 aliphatic heterocycles. The van der Waals surface area contributed by atoms with Crippen LogP contribution in [0.4, 0.5) is 0 Å². The van der Waals surface area contributed by atoms with Gasteiger partial charge in [0.1, 0.15) is 0 Å². The maximum absolute atomic E-state index is 9.01. The van der Waals surface area contributed by atoms with Crippen LogP contribution in [-0.2, 0) is 0 Å². The van der Waals surface area contributed by atoms with Crippen molar-refractivity contribution in [1.29, 1.82) is 0 Å². The lowest BCUT2D eigenvalue weighted by molar-refractivity contribution is 0.0438. The van der Waals surface area contributed by atoms with E-state index >= 15 is 0 Å². The summed E-state index contributed by atoms with van der Waals surface area (Å²) in [6.07, 6.45) is 0.333. The highest BCUT2D eigenvalue weighted by molar-refractivity contribution is 4.85. The Kier molecular flexibility index (Phi) is 2.05. The summed E-state index contributed by atoms with van der Waals surface area (Å²) in [5.41, 5.74) is 0. The average molecular weight is 131 g/mol. The van der Waals surface area contributed by atoms with E-state index in [0.717, 1.165) is 0 Å². The number of rotatable bonds is 1. The van der Waals surface area contributed by atoms with E-state index in [0.29, 0.717) is 18.9 Å². The Hall–Kier alpha value is -0.120. The molecule has 3 nitrogen and oxygen atoms in total. The van der Waals surface area contributed by atoms with Gasteiger partial charge in [0, 0.05) is 6.04 Å². The first-order chi connectivity index (χ1) is 4.24. The van der Waals surface area contributed by atoms with E-state index in [-0.39, 0.29) is 0 Å². The average Bonchev–Trinajstić information content (AvgIpc) is 2.13. The van der Waals surface area contributed by atoms with Crippen molar-refractivity contribution in [3.63, 3.8) is 0 Å². The van der Waals surface area contributed by atoms with Crippen LogP contribution in [0, 0.1) is 0 Å². The van der Waals surface area contributed by atoms with E-state index in [4.69, 9.17) is 10.2 Å². The zero-order valence-electron chi connectivity index (χ0n) is 5.54. The SMILES string of the molecule is CNC1CC(O)C(O)C1. The minimum absolute atomic E-state index is 0.301. The van der Waals surface area contributed by atoms with Crippen molar-refractivity contribution < 1.29 is 10.2 Å². The molecule has 1 rings (SSSR count). The predicted molar refractivity (Wildman–Crippen MR) is 34.1 cm³/mol. The highest BCUT2D eigenvalue weighted by atomic mass is 16.3. The van der Waals surface area contributed by atoms with Crippen LogP contribution in [0.25, 0.3) is 0 Å². The Morgan fingerprint density at radius 3 is 1.89 bits per heavy atom. The fourth-order valence-corrected chi connectivity index (χ4v) is 1.23. The molecule has 2 unspecified atom stereocenters. The first kappa shape index (κ1) is 6.99. The number of aliphatic hydroxyl groups excluding tert-OH is 2. The maximum atomic E-state index is 9.01. The van der Waals surface area contributed by atoms with Gasteiger partial charge < -0.3 is 15.5 Å². The Balaban J connectivity index is 2.35. The summed E-state index contributed by atoms with van der Waals surface area (Å²) in [6.45, 7) is 0. The van der Waals surface area contributed by atoms with Gasteiger partial charge in [-0.25, -0.2) is 0 Å². The summed E-state index contributed by atoms with van der Waals surface area (Å²) in [4.78, 5) is 0. The summed E-state index contributed by atoms with van der Waals surface area (Å²) < 4.78 is 0. The molecule has 9 heavy (non-hydrogen) atoms. The van der Waals surface area contributed by atoms with Gasteiger partial charge in [-0.2, -0.15) is 0 Å². The van der Waals surface area contributed by atoms with Gasteiger partial charge in [-0.3, -0.25) is 0 Å². The molecule has 1 saturated carbocycles. The minimum Gasteiger partial charge on any atom is -0.390 e. The third-order valence-corrected chi connectivity index (χ3v) is 1.90. The van der Waals surface area contributed by atoms with Crippen molar-refractivity contribution in [2.75, 3.05) is 7.05 Å². The van der Waals surface area contributed by atoms with Gasteiger partial charge in [0.25, 0.3) is 0 Å². The normalized spacial score (nSPS) is 43.7. The lowest BCUT2D eigenvalue weighted by Crippen LogP contribution is -2.22. The highest BCUT2D eigenvalue weighted by Gasteiger charge is 2.29. The molecule has 1 aliphatic rings. The predicted octanol–water partition coefficient (Wildman–Crippen LogP) is -0.910. The molecule has 3 N–H and O–H groups in total. The molecule has 0 heterocycles.